The van der Waals surface area contributed by atoms with Crippen LogP contribution < -0.4 is 10.4 Å². The van der Waals surface area contributed by atoms with Crippen molar-refractivity contribution in [3.8, 4) is 11.1 Å². The van der Waals surface area contributed by atoms with Crippen molar-refractivity contribution >= 4 is 29.6 Å². The third-order valence-corrected chi connectivity index (χ3v) is 4.70. The summed E-state index contributed by atoms with van der Waals surface area (Å²) >= 11 is 0. The molecule has 30 heavy (non-hydrogen) atoms. The first-order valence-corrected chi connectivity index (χ1v) is 10.2. The van der Waals surface area contributed by atoms with Crippen LogP contribution in [0.15, 0.2) is 109 Å². The van der Waals surface area contributed by atoms with Crippen LogP contribution in [0.5, 0.6) is 0 Å². The Hall–Kier alpha value is -3.34. The quantitative estimate of drug-likeness (QED) is 0.437. The van der Waals surface area contributed by atoms with E-state index < -0.39 is 7.12 Å². The van der Waals surface area contributed by atoms with E-state index in [1.807, 2.05) is 62.4 Å². The highest BCUT2D eigenvalue weighted by Crippen LogP contribution is 2.35. The van der Waals surface area contributed by atoms with Crippen molar-refractivity contribution in [3.05, 3.63) is 109 Å². The van der Waals surface area contributed by atoms with Crippen LogP contribution in [0.3, 0.4) is 0 Å². The van der Waals surface area contributed by atoms with Crippen LogP contribution in [0.4, 0.5) is 17.1 Å². The van der Waals surface area contributed by atoms with Crippen molar-refractivity contribution < 1.29 is 10.0 Å². The zero-order chi connectivity index (χ0) is 21.3. The molecule has 0 fully saturated rings. The Morgan fingerprint density at radius 3 is 1.40 bits per heavy atom. The largest absolute Gasteiger partial charge is 0.488 e. The molecule has 2 N–H and O–H groups in total. The lowest BCUT2D eigenvalue weighted by atomic mass is 9.80. The van der Waals surface area contributed by atoms with Gasteiger partial charge in [0.2, 0.25) is 0 Å². The minimum absolute atomic E-state index is 0.469. The van der Waals surface area contributed by atoms with Crippen LogP contribution in [0.25, 0.3) is 11.1 Å². The van der Waals surface area contributed by atoms with E-state index >= 15 is 0 Å². The summed E-state index contributed by atoms with van der Waals surface area (Å²) in [6, 6.07) is 36.1. The molecule has 0 aliphatic carbocycles. The number of hydrogen-bond acceptors (Lipinski definition) is 3. The Balaban J connectivity index is 0.00000124. The first-order valence-electron chi connectivity index (χ1n) is 10.2. The van der Waals surface area contributed by atoms with Crippen LogP contribution in [-0.2, 0) is 0 Å². The Morgan fingerprint density at radius 2 is 0.900 bits per heavy atom. The molecule has 0 spiro atoms. The first kappa shape index (κ1) is 21.4. The molecule has 0 saturated carbocycles. The molecule has 0 aliphatic heterocycles. The number of benzene rings is 4. The maximum Gasteiger partial charge on any atom is 0.488 e. The fourth-order valence-electron chi connectivity index (χ4n) is 3.25. The summed E-state index contributed by atoms with van der Waals surface area (Å²) in [5, 5.41) is 18.7. The van der Waals surface area contributed by atoms with Crippen molar-refractivity contribution in [2.45, 2.75) is 13.8 Å². The molecular formula is C26H26BNO2. The molecule has 3 nitrogen and oxygen atoms in total. The number of anilines is 3. The lowest BCUT2D eigenvalue weighted by Crippen LogP contribution is -2.29. The van der Waals surface area contributed by atoms with Gasteiger partial charge in [0, 0.05) is 17.1 Å². The molecule has 0 bridgehead atoms. The zero-order valence-electron chi connectivity index (χ0n) is 17.3. The smallest absolute Gasteiger partial charge is 0.423 e. The van der Waals surface area contributed by atoms with Crippen molar-refractivity contribution in [1.82, 2.24) is 0 Å². The van der Waals surface area contributed by atoms with Gasteiger partial charge < -0.3 is 14.9 Å². The fraction of sp³-hybridized carbons (Fsp3) is 0.0769. The highest BCUT2D eigenvalue weighted by molar-refractivity contribution is 6.58. The van der Waals surface area contributed by atoms with E-state index in [1.54, 1.807) is 12.1 Å². The SMILES string of the molecule is CC.OB(O)c1ccc(N(c2ccccc2)c2ccc(-c3ccccc3)cc2)cc1. The molecule has 4 rings (SSSR count). The van der Waals surface area contributed by atoms with Crippen molar-refractivity contribution in [2.24, 2.45) is 0 Å². The van der Waals surface area contributed by atoms with Crippen LogP contribution in [0.2, 0.25) is 0 Å². The van der Waals surface area contributed by atoms with Gasteiger partial charge in [-0.3, -0.25) is 0 Å². The normalized spacial score (nSPS) is 10.0. The van der Waals surface area contributed by atoms with E-state index in [9.17, 15) is 10.0 Å². The molecule has 0 aliphatic rings. The van der Waals surface area contributed by atoms with Gasteiger partial charge in [-0.15, -0.1) is 0 Å². The monoisotopic (exact) mass is 395 g/mol. The molecule has 0 unspecified atom stereocenters. The molecule has 0 heterocycles. The predicted molar refractivity (Wildman–Crippen MR) is 128 cm³/mol. The lowest BCUT2D eigenvalue weighted by Gasteiger charge is -2.26. The van der Waals surface area contributed by atoms with E-state index in [1.165, 1.54) is 5.56 Å². The molecule has 150 valence electrons. The average Bonchev–Trinajstić information content (AvgIpc) is 2.83. The number of hydrogen-bond donors (Lipinski definition) is 2. The van der Waals surface area contributed by atoms with Gasteiger partial charge in [0.25, 0.3) is 0 Å². The van der Waals surface area contributed by atoms with E-state index in [0.717, 1.165) is 22.6 Å². The molecule has 4 aromatic carbocycles. The van der Waals surface area contributed by atoms with Gasteiger partial charge in [-0.25, -0.2) is 0 Å². The highest BCUT2D eigenvalue weighted by atomic mass is 16.4. The van der Waals surface area contributed by atoms with Gasteiger partial charge in [-0.1, -0.05) is 86.6 Å². The molecular weight excluding hydrogens is 369 g/mol. The summed E-state index contributed by atoms with van der Waals surface area (Å²) in [7, 11) is -1.47. The van der Waals surface area contributed by atoms with Crippen molar-refractivity contribution in [1.29, 1.82) is 0 Å². The van der Waals surface area contributed by atoms with Crippen molar-refractivity contribution in [2.75, 3.05) is 4.90 Å². The van der Waals surface area contributed by atoms with Crippen LogP contribution >= 0.6 is 0 Å². The summed E-state index contributed by atoms with van der Waals surface area (Å²) in [6.07, 6.45) is 0. The average molecular weight is 395 g/mol. The molecule has 0 amide bonds. The van der Waals surface area contributed by atoms with Gasteiger partial charge in [0.05, 0.1) is 0 Å². The molecule has 0 aromatic heterocycles. The molecule has 0 saturated heterocycles. The predicted octanol–water partition coefficient (Wildman–Crippen LogP) is 5.53. The Kier molecular flexibility index (Phi) is 7.44. The maximum atomic E-state index is 9.37. The summed E-state index contributed by atoms with van der Waals surface area (Å²) in [5.41, 5.74) is 5.83. The Labute approximate surface area is 179 Å². The summed E-state index contributed by atoms with van der Waals surface area (Å²) < 4.78 is 0. The summed E-state index contributed by atoms with van der Waals surface area (Å²) in [5.74, 6) is 0. The maximum absolute atomic E-state index is 9.37. The van der Waals surface area contributed by atoms with E-state index in [4.69, 9.17) is 0 Å². The number of rotatable bonds is 5. The second-order valence-corrected chi connectivity index (χ2v) is 6.55. The third kappa shape index (κ3) is 4.98. The Morgan fingerprint density at radius 1 is 0.500 bits per heavy atom. The highest BCUT2D eigenvalue weighted by Gasteiger charge is 2.15. The van der Waals surface area contributed by atoms with Crippen LogP contribution in [0.1, 0.15) is 13.8 Å². The van der Waals surface area contributed by atoms with Crippen LogP contribution in [-0.4, -0.2) is 17.2 Å². The van der Waals surface area contributed by atoms with E-state index in [2.05, 4.69) is 53.4 Å². The van der Waals surface area contributed by atoms with E-state index in [-0.39, 0.29) is 0 Å². The summed E-state index contributed by atoms with van der Waals surface area (Å²) in [4.78, 5) is 2.14. The molecule has 0 radical (unpaired) electrons. The Bertz CT molecular complexity index is 1020. The van der Waals surface area contributed by atoms with Gasteiger partial charge >= 0.3 is 7.12 Å². The topological polar surface area (TPSA) is 43.7 Å². The molecule has 0 atom stereocenters. The number of para-hydroxylation sites is 1. The second-order valence-electron chi connectivity index (χ2n) is 6.55. The molecule has 4 aromatic rings. The van der Waals surface area contributed by atoms with Crippen molar-refractivity contribution in [3.63, 3.8) is 0 Å². The zero-order valence-corrected chi connectivity index (χ0v) is 17.3. The summed E-state index contributed by atoms with van der Waals surface area (Å²) in [6.45, 7) is 4.00. The van der Waals surface area contributed by atoms with Gasteiger partial charge in [-0.2, -0.15) is 0 Å². The lowest BCUT2D eigenvalue weighted by molar-refractivity contribution is 0.426. The second kappa shape index (κ2) is 10.4. The van der Waals surface area contributed by atoms with Gasteiger partial charge in [-0.05, 0) is 53.0 Å². The minimum Gasteiger partial charge on any atom is -0.423 e. The van der Waals surface area contributed by atoms with Gasteiger partial charge in [0.1, 0.15) is 0 Å². The standard InChI is InChI=1S/C24H20BNO2.C2H6/c27-25(28)21-13-17-24(18-14-21)26(22-9-5-2-6-10-22)23-15-11-20(12-16-23)19-7-3-1-4-8-19;1-2/h1-18,27-28H;1-2H3. The molecule has 4 heteroatoms. The van der Waals surface area contributed by atoms with E-state index in [0.29, 0.717) is 5.46 Å². The minimum atomic E-state index is -1.47. The van der Waals surface area contributed by atoms with Gasteiger partial charge in [0.15, 0.2) is 0 Å². The first-order chi connectivity index (χ1) is 14.7. The fourth-order valence-corrected chi connectivity index (χ4v) is 3.25. The van der Waals surface area contributed by atoms with Crippen LogP contribution in [0, 0.1) is 0 Å². The third-order valence-electron chi connectivity index (χ3n) is 4.70. The number of nitrogens with zero attached hydrogens (tertiary/aromatic N) is 1.